The second-order valence-electron chi connectivity index (χ2n) is 7.37. The minimum Gasteiger partial charge on any atom is -0.350 e. The highest BCUT2D eigenvalue weighted by Crippen LogP contribution is 2.27. The monoisotopic (exact) mass is 377 g/mol. The Morgan fingerprint density at radius 3 is 2.50 bits per heavy atom. The summed E-state index contributed by atoms with van der Waals surface area (Å²) in [6.45, 7) is 8.02. The van der Waals surface area contributed by atoms with Crippen molar-refractivity contribution in [3.05, 3.63) is 29.8 Å². The SMILES string of the molecule is CC(C)CC[C@@H](C)NC(=O)c1ccccc1SC[C@]1(C)NC(=O)NC1=O. The maximum absolute atomic E-state index is 12.6. The fourth-order valence-electron chi connectivity index (χ4n) is 2.64. The third-order valence-corrected chi connectivity index (χ3v) is 5.71. The highest BCUT2D eigenvalue weighted by Gasteiger charge is 2.41. The average molecular weight is 378 g/mol. The van der Waals surface area contributed by atoms with Gasteiger partial charge in [0.1, 0.15) is 5.54 Å². The molecule has 6 nitrogen and oxygen atoms in total. The van der Waals surface area contributed by atoms with Crippen LogP contribution in [0.25, 0.3) is 0 Å². The number of urea groups is 1. The van der Waals surface area contributed by atoms with E-state index in [1.54, 1.807) is 13.0 Å². The van der Waals surface area contributed by atoms with Crippen molar-refractivity contribution in [2.45, 2.75) is 57.0 Å². The molecule has 26 heavy (non-hydrogen) atoms. The molecule has 1 aromatic carbocycles. The van der Waals surface area contributed by atoms with E-state index >= 15 is 0 Å². The van der Waals surface area contributed by atoms with E-state index in [1.165, 1.54) is 11.8 Å². The van der Waals surface area contributed by atoms with Gasteiger partial charge in [-0.05, 0) is 44.7 Å². The lowest BCUT2D eigenvalue weighted by Crippen LogP contribution is -2.46. The lowest BCUT2D eigenvalue weighted by molar-refractivity contribution is -0.122. The Morgan fingerprint density at radius 2 is 1.88 bits per heavy atom. The first-order chi connectivity index (χ1) is 12.2. The summed E-state index contributed by atoms with van der Waals surface area (Å²) in [5.74, 6) is 0.483. The smallest absolute Gasteiger partial charge is 0.322 e. The van der Waals surface area contributed by atoms with Crippen LogP contribution in [0.4, 0.5) is 4.79 Å². The molecule has 0 radical (unpaired) electrons. The molecule has 7 heteroatoms. The molecular formula is C19H27N3O3S. The van der Waals surface area contributed by atoms with Crippen molar-refractivity contribution in [3.8, 4) is 0 Å². The van der Waals surface area contributed by atoms with E-state index in [2.05, 4.69) is 29.8 Å². The van der Waals surface area contributed by atoms with E-state index in [4.69, 9.17) is 0 Å². The summed E-state index contributed by atoms with van der Waals surface area (Å²) in [4.78, 5) is 36.7. The maximum Gasteiger partial charge on any atom is 0.322 e. The van der Waals surface area contributed by atoms with E-state index in [0.29, 0.717) is 17.2 Å². The van der Waals surface area contributed by atoms with Gasteiger partial charge in [0.05, 0.1) is 5.56 Å². The summed E-state index contributed by atoms with van der Waals surface area (Å²) >= 11 is 1.39. The highest BCUT2D eigenvalue weighted by atomic mass is 32.2. The van der Waals surface area contributed by atoms with Crippen LogP contribution >= 0.6 is 11.8 Å². The normalized spacial score (nSPS) is 20.7. The van der Waals surface area contributed by atoms with Crippen LogP contribution in [0.3, 0.4) is 0 Å². The van der Waals surface area contributed by atoms with Gasteiger partial charge in [0.2, 0.25) is 0 Å². The Morgan fingerprint density at radius 1 is 1.19 bits per heavy atom. The fraction of sp³-hybridized carbons (Fsp3) is 0.526. The fourth-order valence-corrected chi connectivity index (χ4v) is 3.78. The van der Waals surface area contributed by atoms with Crippen molar-refractivity contribution in [2.24, 2.45) is 5.92 Å². The highest BCUT2D eigenvalue weighted by molar-refractivity contribution is 7.99. The van der Waals surface area contributed by atoms with E-state index in [9.17, 15) is 14.4 Å². The Kier molecular flexibility index (Phi) is 6.69. The quantitative estimate of drug-likeness (QED) is 0.480. The summed E-state index contributed by atoms with van der Waals surface area (Å²) in [6.07, 6.45) is 1.99. The molecule has 1 heterocycles. The zero-order chi connectivity index (χ0) is 19.3. The maximum atomic E-state index is 12.6. The number of carbonyl (C=O) groups is 3. The Bertz CT molecular complexity index is 692. The molecular weight excluding hydrogens is 350 g/mol. The molecule has 1 saturated heterocycles. The van der Waals surface area contributed by atoms with Crippen LogP contribution in [0.15, 0.2) is 29.2 Å². The summed E-state index contributed by atoms with van der Waals surface area (Å²) in [6, 6.07) is 6.93. The summed E-state index contributed by atoms with van der Waals surface area (Å²) in [7, 11) is 0. The Balaban J connectivity index is 2.02. The zero-order valence-electron chi connectivity index (χ0n) is 15.7. The molecule has 0 spiro atoms. The molecule has 2 atom stereocenters. The number of benzene rings is 1. The van der Waals surface area contributed by atoms with Gasteiger partial charge in [-0.1, -0.05) is 26.0 Å². The van der Waals surface area contributed by atoms with E-state index in [-0.39, 0.29) is 17.9 Å². The number of rotatable bonds is 8. The number of hydrogen-bond acceptors (Lipinski definition) is 4. The number of nitrogens with one attached hydrogen (secondary N) is 3. The van der Waals surface area contributed by atoms with Crippen molar-refractivity contribution < 1.29 is 14.4 Å². The minimum absolute atomic E-state index is 0.0976. The third-order valence-electron chi connectivity index (χ3n) is 4.32. The van der Waals surface area contributed by atoms with Crippen molar-refractivity contribution >= 4 is 29.6 Å². The van der Waals surface area contributed by atoms with Gasteiger partial charge in [0.15, 0.2) is 0 Å². The molecule has 0 unspecified atom stereocenters. The Hall–Kier alpha value is -2.02. The molecule has 2 rings (SSSR count). The molecule has 142 valence electrons. The molecule has 1 aromatic rings. The van der Waals surface area contributed by atoms with Crippen LogP contribution in [0.2, 0.25) is 0 Å². The lowest BCUT2D eigenvalue weighted by Gasteiger charge is -2.21. The zero-order valence-corrected chi connectivity index (χ0v) is 16.5. The summed E-state index contributed by atoms with van der Waals surface area (Å²) < 4.78 is 0. The molecule has 0 aliphatic carbocycles. The first-order valence-corrected chi connectivity index (χ1v) is 9.86. The van der Waals surface area contributed by atoms with E-state index in [0.717, 1.165) is 17.7 Å². The predicted molar refractivity (Wildman–Crippen MR) is 103 cm³/mol. The second kappa shape index (κ2) is 8.58. The van der Waals surface area contributed by atoms with Crippen LogP contribution in [0, 0.1) is 5.92 Å². The standard InChI is InChI=1S/C19H27N3O3S/c1-12(2)9-10-13(3)20-16(23)14-7-5-6-8-15(14)26-11-19(4)17(24)21-18(25)22-19/h5-8,12-13H,9-11H2,1-4H3,(H,20,23)(H2,21,22,24,25)/t13-,19+/m1/s1. The number of imide groups is 1. The van der Waals surface area contributed by atoms with Gasteiger partial charge >= 0.3 is 6.03 Å². The van der Waals surface area contributed by atoms with Crippen molar-refractivity contribution in [3.63, 3.8) is 0 Å². The first-order valence-electron chi connectivity index (χ1n) is 8.87. The van der Waals surface area contributed by atoms with Gasteiger partial charge in [-0.15, -0.1) is 11.8 Å². The van der Waals surface area contributed by atoms with Crippen LogP contribution in [0.1, 0.15) is 50.9 Å². The van der Waals surface area contributed by atoms with Gasteiger partial charge < -0.3 is 10.6 Å². The molecule has 1 aliphatic rings. The molecule has 3 N–H and O–H groups in total. The van der Waals surface area contributed by atoms with Gasteiger partial charge in [0.25, 0.3) is 11.8 Å². The third kappa shape index (κ3) is 5.24. The molecule has 1 aliphatic heterocycles. The molecule has 0 saturated carbocycles. The number of amides is 4. The van der Waals surface area contributed by atoms with Crippen LogP contribution in [0.5, 0.6) is 0 Å². The van der Waals surface area contributed by atoms with Crippen LogP contribution < -0.4 is 16.0 Å². The number of carbonyl (C=O) groups excluding carboxylic acids is 3. The van der Waals surface area contributed by atoms with Crippen molar-refractivity contribution in [2.75, 3.05) is 5.75 Å². The largest absolute Gasteiger partial charge is 0.350 e. The molecule has 0 aromatic heterocycles. The second-order valence-corrected chi connectivity index (χ2v) is 8.39. The van der Waals surface area contributed by atoms with Gasteiger partial charge in [-0.2, -0.15) is 0 Å². The predicted octanol–water partition coefficient (Wildman–Crippen LogP) is 2.93. The van der Waals surface area contributed by atoms with Crippen molar-refractivity contribution in [1.82, 2.24) is 16.0 Å². The average Bonchev–Trinajstić information content (AvgIpc) is 2.83. The van der Waals surface area contributed by atoms with Crippen LogP contribution in [-0.4, -0.2) is 35.2 Å². The van der Waals surface area contributed by atoms with Crippen molar-refractivity contribution in [1.29, 1.82) is 0 Å². The number of hydrogen-bond donors (Lipinski definition) is 3. The van der Waals surface area contributed by atoms with E-state index in [1.807, 2.05) is 25.1 Å². The molecule has 0 bridgehead atoms. The van der Waals surface area contributed by atoms with Gasteiger partial charge in [-0.25, -0.2) is 4.79 Å². The van der Waals surface area contributed by atoms with Gasteiger partial charge in [0, 0.05) is 16.7 Å². The minimum atomic E-state index is -0.976. The topological polar surface area (TPSA) is 87.3 Å². The summed E-state index contributed by atoms with van der Waals surface area (Å²) in [5, 5.41) is 7.93. The summed E-state index contributed by atoms with van der Waals surface area (Å²) in [5.41, 5.74) is -0.391. The molecule has 4 amide bonds. The number of thioether (sulfide) groups is 1. The first kappa shape index (κ1) is 20.3. The van der Waals surface area contributed by atoms with Crippen LogP contribution in [-0.2, 0) is 4.79 Å². The van der Waals surface area contributed by atoms with E-state index < -0.39 is 11.6 Å². The lowest BCUT2D eigenvalue weighted by atomic mass is 10.0. The van der Waals surface area contributed by atoms with Gasteiger partial charge in [-0.3, -0.25) is 14.9 Å². The molecule has 1 fully saturated rings. The Labute approximate surface area is 158 Å².